The van der Waals surface area contributed by atoms with Gasteiger partial charge in [0.25, 0.3) is 5.56 Å². The summed E-state index contributed by atoms with van der Waals surface area (Å²) < 4.78 is 0. The maximum absolute atomic E-state index is 12.7. The van der Waals surface area contributed by atoms with Crippen LogP contribution in [0.25, 0.3) is 21.3 Å². The minimum atomic E-state index is -0.0264. The molecule has 5 heteroatoms. The van der Waals surface area contributed by atoms with Gasteiger partial charge in [0.15, 0.2) is 0 Å². The molecular weight excluding hydrogens is 330 g/mol. The highest BCUT2D eigenvalue weighted by atomic mass is 32.1. The Bertz CT molecular complexity index is 942. The van der Waals surface area contributed by atoms with Crippen molar-refractivity contribution < 1.29 is 0 Å². The molecule has 0 saturated carbocycles. The lowest BCUT2D eigenvalue weighted by molar-refractivity contribution is 0.149. The van der Waals surface area contributed by atoms with Crippen LogP contribution in [0, 0.1) is 6.92 Å². The molecule has 25 heavy (non-hydrogen) atoms. The summed E-state index contributed by atoms with van der Waals surface area (Å²) >= 11 is 1.55. The maximum atomic E-state index is 12.7. The first-order chi connectivity index (χ1) is 12.1. The van der Waals surface area contributed by atoms with Crippen LogP contribution in [0.1, 0.15) is 37.6 Å². The Balaban J connectivity index is 1.69. The lowest BCUT2D eigenvalue weighted by Crippen LogP contribution is -2.37. The average molecular weight is 353 g/mol. The smallest absolute Gasteiger partial charge is 0.260 e. The summed E-state index contributed by atoms with van der Waals surface area (Å²) in [6.07, 6.45) is 3.75. The Morgan fingerprint density at radius 1 is 1.28 bits per heavy atom. The molecule has 1 atom stereocenters. The summed E-state index contributed by atoms with van der Waals surface area (Å²) in [6, 6.07) is 8.85. The van der Waals surface area contributed by atoms with Crippen molar-refractivity contribution in [2.45, 2.75) is 45.7 Å². The second-order valence-electron chi connectivity index (χ2n) is 7.02. The van der Waals surface area contributed by atoms with Gasteiger partial charge in [0.2, 0.25) is 0 Å². The fourth-order valence-electron chi connectivity index (χ4n) is 3.60. The molecule has 1 N–H and O–H groups in total. The van der Waals surface area contributed by atoms with Gasteiger partial charge in [0, 0.05) is 17.0 Å². The molecule has 1 aliphatic rings. The van der Waals surface area contributed by atoms with E-state index in [0.29, 0.717) is 11.4 Å². The molecule has 3 aromatic rings. The van der Waals surface area contributed by atoms with E-state index in [2.05, 4.69) is 48.0 Å². The Kier molecular flexibility index (Phi) is 4.44. The summed E-state index contributed by atoms with van der Waals surface area (Å²) in [5.41, 5.74) is 3.24. The Morgan fingerprint density at radius 2 is 2.08 bits per heavy atom. The minimum Gasteiger partial charge on any atom is -0.309 e. The van der Waals surface area contributed by atoms with Gasteiger partial charge >= 0.3 is 0 Å². The first kappa shape index (κ1) is 16.5. The van der Waals surface area contributed by atoms with Crippen LogP contribution in [0.15, 0.2) is 34.4 Å². The average Bonchev–Trinajstić information content (AvgIpc) is 3.02. The van der Waals surface area contributed by atoms with Crippen molar-refractivity contribution >= 4 is 21.6 Å². The number of aromatic nitrogens is 2. The summed E-state index contributed by atoms with van der Waals surface area (Å²) in [4.78, 5) is 23.8. The lowest BCUT2D eigenvalue weighted by atomic mass is 10.0. The molecule has 0 amide bonds. The fraction of sp³-hybridized carbons (Fsp3) is 0.400. The van der Waals surface area contributed by atoms with Gasteiger partial charge in [-0.2, -0.15) is 0 Å². The van der Waals surface area contributed by atoms with Gasteiger partial charge < -0.3 is 4.98 Å². The van der Waals surface area contributed by atoms with Gasteiger partial charge in [-0.3, -0.25) is 9.69 Å². The molecule has 1 aliphatic heterocycles. The Morgan fingerprint density at radius 3 is 2.84 bits per heavy atom. The molecule has 1 fully saturated rings. The maximum Gasteiger partial charge on any atom is 0.260 e. The van der Waals surface area contributed by atoms with Crippen LogP contribution in [-0.2, 0) is 6.54 Å². The van der Waals surface area contributed by atoms with Crippen LogP contribution in [0.4, 0.5) is 0 Å². The van der Waals surface area contributed by atoms with Crippen molar-refractivity contribution in [1.29, 1.82) is 0 Å². The van der Waals surface area contributed by atoms with Gasteiger partial charge in [-0.05, 0) is 38.8 Å². The minimum absolute atomic E-state index is 0.0264. The number of hydrogen-bond acceptors (Lipinski definition) is 4. The second kappa shape index (κ2) is 6.73. The van der Waals surface area contributed by atoms with E-state index in [1.165, 1.54) is 24.8 Å². The molecule has 0 radical (unpaired) electrons. The van der Waals surface area contributed by atoms with Gasteiger partial charge in [-0.1, -0.05) is 36.2 Å². The summed E-state index contributed by atoms with van der Waals surface area (Å²) in [7, 11) is 0. The van der Waals surface area contributed by atoms with Crippen LogP contribution >= 0.6 is 11.3 Å². The number of aromatic amines is 1. The molecule has 0 spiro atoms. The van der Waals surface area contributed by atoms with E-state index < -0.39 is 0 Å². The zero-order chi connectivity index (χ0) is 17.4. The molecule has 4 rings (SSSR count). The number of aryl methyl sites for hydroxylation is 1. The van der Waals surface area contributed by atoms with E-state index in [0.717, 1.165) is 34.9 Å². The molecule has 1 aromatic carbocycles. The van der Waals surface area contributed by atoms with Crippen LogP contribution in [-0.4, -0.2) is 27.5 Å². The zero-order valence-electron chi connectivity index (χ0n) is 14.7. The first-order valence-corrected chi connectivity index (χ1v) is 9.81. The number of benzene rings is 1. The number of rotatable bonds is 3. The number of nitrogens with one attached hydrogen (secondary N) is 1. The van der Waals surface area contributed by atoms with E-state index >= 15 is 0 Å². The number of H-pyrrole nitrogens is 1. The molecule has 1 saturated heterocycles. The molecule has 0 bridgehead atoms. The highest BCUT2D eigenvalue weighted by Crippen LogP contribution is 2.31. The predicted octanol–water partition coefficient (Wildman–Crippen LogP) is 4.33. The van der Waals surface area contributed by atoms with E-state index in [4.69, 9.17) is 4.98 Å². The molecule has 1 unspecified atom stereocenters. The third-order valence-corrected chi connectivity index (χ3v) is 6.02. The number of nitrogens with zero attached hydrogens (tertiary/aromatic N) is 2. The second-order valence-corrected chi connectivity index (χ2v) is 7.88. The van der Waals surface area contributed by atoms with Crippen molar-refractivity contribution in [3.8, 4) is 11.1 Å². The number of likely N-dealkylation sites (tertiary alicyclic amines) is 1. The molecular formula is C20H23N3OS. The van der Waals surface area contributed by atoms with Gasteiger partial charge in [-0.15, -0.1) is 11.3 Å². The van der Waals surface area contributed by atoms with Crippen LogP contribution in [0.3, 0.4) is 0 Å². The highest BCUT2D eigenvalue weighted by Gasteiger charge is 2.20. The third-order valence-electron chi connectivity index (χ3n) is 5.15. The van der Waals surface area contributed by atoms with Crippen LogP contribution in [0.2, 0.25) is 0 Å². The Labute approximate surface area is 151 Å². The quantitative estimate of drug-likeness (QED) is 0.762. The van der Waals surface area contributed by atoms with Gasteiger partial charge in [0.05, 0.1) is 11.9 Å². The van der Waals surface area contributed by atoms with Crippen molar-refractivity contribution in [1.82, 2.24) is 14.9 Å². The zero-order valence-corrected chi connectivity index (χ0v) is 15.5. The SMILES string of the molecule is Cc1ccc(-c2csc3nc(CN4CCCCC4C)[nH]c(=O)c23)cc1. The summed E-state index contributed by atoms with van der Waals surface area (Å²) in [5, 5.41) is 2.76. The highest BCUT2D eigenvalue weighted by molar-refractivity contribution is 7.17. The topological polar surface area (TPSA) is 49.0 Å². The number of hydrogen-bond donors (Lipinski definition) is 1. The van der Waals surface area contributed by atoms with Crippen molar-refractivity contribution in [2.75, 3.05) is 6.54 Å². The number of piperidine rings is 1. The van der Waals surface area contributed by atoms with Crippen molar-refractivity contribution in [3.63, 3.8) is 0 Å². The largest absolute Gasteiger partial charge is 0.309 e. The lowest BCUT2D eigenvalue weighted by Gasteiger charge is -2.32. The molecule has 4 nitrogen and oxygen atoms in total. The van der Waals surface area contributed by atoms with E-state index in [-0.39, 0.29) is 5.56 Å². The summed E-state index contributed by atoms with van der Waals surface area (Å²) in [5.74, 6) is 0.781. The van der Waals surface area contributed by atoms with E-state index in [1.807, 2.05) is 5.38 Å². The molecule has 3 heterocycles. The predicted molar refractivity (Wildman–Crippen MR) is 104 cm³/mol. The molecule has 0 aliphatic carbocycles. The fourth-order valence-corrected chi connectivity index (χ4v) is 4.57. The third kappa shape index (κ3) is 3.26. The van der Waals surface area contributed by atoms with Crippen LogP contribution in [0.5, 0.6) is 0 Å². The van der Waals surface area contributed by atoms with E-state index in [1.54, 1.807) is 11.3 Å². The van der Waals surface area contributed by atoms with Crippen molar-refractivity contribution in [2.24, 2.45) is 0 Å². The van der Waals surface area contributed by atoms with Gasteiger partial charge in [0.1, 0.15) is 10.7 Å². The van der Waals surface area contributed by atoms with Gasteiger partial charge in [-0.25, -0.2) is 4.98 Å². The number of thiophene rings is 1. The van der Waals surface area contributed by atoms with Crippen molar-refractivity contribution in [3.05, 3.63) is 51.4 Å². The number of fused-ring (bicyclic) bond motifs is 1. The normalized spacial score (nSPS) is 18.7. The molecule has 130 valence electrons. The first-order valence-electron chi connectivity index (χ1n) is 8.93. The van der Waals surface area contributed by atoms with E-state index in [9.17, 15) is 4.79 Å². The summed E-state index contributed by atoms with van der Waals surface area (Å²) in [6.45, 7) is 6.14. The monoisotopic (exact) mass is 353 g/mol. The Hall–Kier alpha value is -1.98. The van der Waals surface area contributed by atoms with Crippen LogP contribution < -0.4 is 5.56 Å². The standard InChI is InChI=1S/C20H23N3OS/c1-13-6-8-15(9-7-13)16-12-25-20-18(16)19(24)21-17(22-20)11-23-10-4-3-5-14(23)2/h6-9,12,14H,3-5,10-11H2,1-2H3,(H,21,22,24). The molecule has 2 aromatic heterocycles.